The maximum Gasteiger partial charge on any atom is 0.449 e. The van der Waals surface area contributed by atoms with Crippen LogP contribution in [0.1, 0.15) is 0 Å². The third kappa shape index (κ3) is 5.12. The van der Waals surface area contributed by atoms with Crippen molar-refractivity contribution in [2.75, 3.05) is 14.2 Å². The molecule has 0 aliphatic heterocycles. The molecule has 0 fully saturated rings. The lowest BCUT2D eigenvalue weighted by atomic mass is 10.0. The first-order chi connectivity index (χ1) is 10.4. The Labute approximate surface area is 125 Å². The van der Waals surface area contributed by atoms with Gasteiger partial charge in [-0.25, -0.2) is 0 Å². The van der Waals surface area contributed by atoms with Crippen molar-refractivity contribution in [3.63, 3.8) is 0 Å². The minimum Gasteiger partial charge on any atom is -0.492 e. The van der Waals surface area contributed by atoms with Gasteiger partial charge in [-0.05, 0) is 0 Å². The Morgan fingerprint density at radius 3 is 0.750 bits per heavy atom. The van der Waals surface area contributed by atoms with Gasteiger partial charge in [-0.15, -0.1) is 0 Å². The van der Waals surface area contributed by atoms with Crippen LogP contribution in [0.2, 0.25) is 0 Å². The average Bonchev–Trinajstić information content (AvgIpc) is 2.27. The lowest BCUT2D eigenvalue weighted by Crippen LogP contribution is -2.33. The predicted molar refractivity (Wildman–Crippen MR) is 52.3 cm³/mol. The summed E-state index contributed by atoms with van der Waals surface area (Å²) in [6.45, 7) is 0. The third-order valence-corrected chi connectivity index (χ3v) is 2.19. The summed E-state index contributed by atoms with van der Waals surface area (Å²) < 4.78 is 158. The van der Waals surface area contributed by atoms with E-state index in [1.165, 1.54) is 0 Å². The molecule has 0 unspecified atom stereocenters. The van der Waals surface area contributed by atoms with Crippen molar-refractivity contribution in [2.45, 2.75) is 24.7 Å². The number of allylic oxidation sites excluding steroid dienone is 4. The number of ether oxygens (including phenoxy) is 2. The molecule has 0 aromatic rings. The maximum atomic E-state index is 12.8. The fourth-order valence-corrected chi connectivity index (χ4v) is 1.49. The average molecular weight is 386 g/mol. The van der Waals surface area contributed by atoms with E-state index in [2.05, 4.69) is 9.47 Å². The number of hydrogen-bond acceptors (Lipinski definition) is 2. The first kappa shape index (κ1) is 22.2. The Morgan fingerprint density at radius 2 is 0.667 bits per heavy atom. The lowest BCUT2D eigenvalue weighted by Gasteiger charge is -2.25. The van der Waals surface area contributed by atoms with Crippen LogP contribution in [0.15, 0.2) is 22.7 Å². The molecule has 0 aromatic carbocycles. The van der Waals surface area contributed by atoms with E-state index in [1.807, 2.05) is 0 Å². The smallest absolute Gasteiger partial charge is 0.449 e. The van der Waals surface area contributed by atoms with Gasteiger partial charge in [-0.1, -0.05) is 0 Å². The Hall–Kier alpha value is -1.76. The Balaban J connectivity index is 7.31. The van der Waals surface area contributed by atoms with Crippen molar-refractivity contribution in [1.82, 2.24) is 0 Å². The molecule has 0 amide bonds. The predicted octanol–water partition coefficient (Wildman–Crippen LogP) is 5.04. The van der Waals surface area contributed by atoms with Crippen LogP contribution in [-0.2, 0) is 9.47 Å². The van der Waals surface area contributed by atoms with E-state index in [-0.39, 0.29) is 14.2 Å². The van der Waals surface area contributed by atoms with E-state index >= 15 is 0 Å². The van der Waals surface area contributed by atoms with Gasteiger partial charge in [0.2, 0.25) is 11.5 Å². The van der Waals surface area contributed by atoms with Crippen molar-refractivity contribution in [3.05, 3.63) is 22.7 Å². The summed E-state index contributed by atoms with van der Waals surface area (Å²) in [6, 6.07) is 0. The molecule has 0 N–H and O–H groups in total. The van der Waals surface area contributed by atoms with Crippen molar-refractivity contribution < 1.29 is 62.2 Å². The maximum absolute atomic E-state index is 12.8. The summed E-state index contributed by atoms with van der Waals surface area (Å²) >= 11 is 0. The summed E-state index contributed by atoms with van der Waals surface area (Å²) in [5.41, 5.74) is -7.42. The Kier molecular flexibility index (Phi) is 6.14. The molecule has 0 bridgehead atoms. The van der Waals surface area contributed by atoms with E-state index in [0.29, 0.717) is 0 Å². The lowest BCUT2D eigenvalue weighted by molar-refractivity contribution is -0.159. The van der Waals surface area contributed by atoms with Gasteiger partial charge in [0.25, 0.3) is 0 Å². The van der Waals surface area contributed by atoms with Gasteiger partial charge in [-0.2, -0.15) is 52.7 Å². The molecule has 0 aliphatic carbocycles. The highest BCUT2D eigenvalue weighted by atomic mass is 19.4. The van der Waals surface area contributed by atoms with Crippen molar-refractivity contribution in [2.24, 2.45) is 0 Å². The number of halogens is 12. The van der Waals surface area contributed by atoms with Crippen LogP contribution < -0.4 is 0 Å². The first-order valence-corrected chi connectivity index (χ1v) is 5.24. The highest BCUT2D eigenvalue weighted by molar-refractivity contribution is 5.44. The normalized spacial score (nSPS) is 16.4. The number of rotatable bonds is 3. The SMILES string of the molecule is COC(=C(C(=C(OC)C(F)(F)F)C(F)(F)F)C(F)(F)F)C(F)(F)F. The van der Waals surface area contributed by atoms with Crippen LogP contribution in [0.5, 0.6) is 0 Å². The van der Waals surface area contributed by atoms with Crippen molar-refractivity contribution in [1.29, 1.82) is 0 Å². The molecule has 0 rings (SSSR count). The molecule has 0 saturated carbocycles. The monoisotopic (exact) mass is 386 g/mol. The highest BCUT2D eigenvalue weighted by Crippen LogP contribution is 2.48. The van der Waals surface area contributed by atoms with Crippen molar-refractivity contribution >= 4 is 0 Å². The molecule has 0 aliphatic rings. The number of hydrogen-bond donors (Lipinski definition) is 0. The molecule has 24 heavy (non-hydrogen) atoms. The zero-order chi connectivity index (χ0) is 19.7. The van der Waals surface area contributed by atoms with Gasteiger partial charge < -0.3 is 9.47 Å². The second-order valence-electron chi connectivity index (χ2n) is 3.81. The fourth-order valence-electron chi connectivity index (χ4n) is 1.49. The number of alkyl halides is 12. The van der Waals surface area contributed by atoms with E-state index in [4.69, 9.17) is 0 Å². The molecule has 2 nitrogen and oxygen atoms in total. The van der Waals surface area contributed by atoms with Crippen LogP contribution in [0.3, 0.4) is 0 Å². The van der Waals surface area contributed by atoms with Gasteiger partial charge in [0.15, 0.2) is 0 Å². The van der Waals surface area contributed by atoms with E-state index in [1.54, 1.807) is 0 Å². The molecular formula is C10H6F12O2. The zero-order valence-electron chi connectivity index (χ0n) is 11.4. The van der Waals surface area contributed by atoms with Crippen LogP contribution in [0.25, 0.3) is 0 Å². The van der Waals surface area contributed by atoms with Crippen LogP contribution in [0.4, 0.5) is 52.7 Å². The summed E-state index contributed by atoms with van der Waals surface area (Å²) in [5, 5.41) is 0. The molecule has 0 aromatic heterocycles. The van der Waals surface area contributed by atoms with Crippen LogP contribution in [-0.4, -0.2) is 38.9 Å². The molecule has 14 heteroatoms. The molecule has 0 heterocycles. The van der Waals surface area contributed by atoms with Gasteiger partial charge in [0, 0.05) is 0 Å². The fraction of sp³-hybridized carbons (Fsp3) is 0.600. The second kappa shape index (κ2) is 6.63. The van der Waals surface area contributed by atoms with Gasteiger partial charge in [0.1, 0.15) is 11.1 Å². The standard InChI is InChI=1S/C10H6F12O2/c1-23-5(9(17,18)19)3(7(11,12)13)4(8(14,15)16)6(24-2)10(20,21)22/h1-2H3. The summed E-state index contributed by atoms with van der Waals surface area (Å²) in [4.78, 5) is 0. The van der Waals surface area contributed by atoms with E-state index in [0.717, 1.165) is 0 Å². The Bertz CT molecular complexity index is 466. The molecule has 0 radical (unpaired) electrons. The second-order valence-corrected chi connectivity index (χ2v) is 3.81. The highest BCUT2D eigenvalue weighted by Gasteiger charge is 2.58. The van der Waals surface area contributed by atoms with Crippen molar-refractivity contribution in [3.8, 4) is 0 Å². The van der Waals surface area contributed by atoms with Gasteiger partial charge >= 0.3 is 24.7 Å². The van der Waals surface area contributed by atoms with Gasteiger partial charge in [-0.3, -0.25) is 0 Å². The van der Waals surface area contributed by atoms with E-state index < -0.39 is 47.4 Å². The summed E-state index contributed by atoms with van der Waals surface area (Å²) in [6.07, 6.45) is -25.3. The quantitative estimate of drug-likeness (QED) is 0.385. The first-order valence-electron chi connectivity index (χ1n) is 5.24. The van der Waals surface area contributed by atoms with Gasteiger partial charge in [0.05, 0.1) is 14.2 Å². The molecule has 0 saturated heterocycles. The van der Waals surface area contributed by atoms with Crippen LogP contribution in [0, 0.1) is 0 Å². The third-order valence-electron chi connectivity index (χ3n) is 2.19. The molecule has 0 spiro atoms. The Morgan fingerprint density at radius 1 is 0.458 bits per heavy atom. The molecule has 142 valence electrons. The topological polar surface area (TPSA) is 18.5 Å². The summed E-state index contributed by atoms with van der Waals surface area (Å²) in [7, 11) is -0.161. The molecular weight excluding hydrogens is 380 g/mol. The molecule has 0 atom stereocenters. The zero-order valence-corrected chi connectivity index (χ0v) is 11.4. The number of methoxy groups -OCH3 is 2. The minimum absolute atomic E-state index is 0.0807. The van der Waals surface area contributed by atoms with Crippen LogP contribution >= 0.6 is 0 Å². The largest absolute Gasteiger partial charge is 0.492 e. The minimum atomic E-state index is -6.50. The van der Waals surface area contributed by atoms with E-state index in [9.17, 15) is 52.7 Å². The summed E-state index contributed by atoms with van der Waals surface area (Å²) in [5.74, 6) is -6.61.